The van der Waals surface area contributed by atoms with E-state index in [9.17, 15) is 17.6 Å². The minimum atomic E-state index is -4.28. The smallest absolute Gasteiger partial charge is 0.253 e. The molecule has 6 nitrogen and oxygen atoms in total. The Balaban J connectivity index is 2.28. The number of halogens is 2. The van der Waals surface area contributed by atoms with Crippen LogP contribution in [0.3, 0.4) is 0 Å². The van der Waals surface area contributed by atoms with Gasteiger partial charge in [0.1, 0.15) is 10.7 Å². The zero-order chi connectivity index (χ0) is 15.6. The molecule has 0 radical (unpaired) electrons. The molecule has 0 spiro atoms. The average Bonchev–Trinajstić information content (AvgIpc) is 2.38. The fourth-order valence-corrected chi connectivity index (χ4v) is 2.89. The van der Waals surface area contributed by atoms with Crippen LogP contribution in [0.4, 0.5) is 4.39 Å². The molecule has 0 aromatic heterocycles. The molecule has 9 heteroatoms. The predicted molar refractivity (Wildman–Crippen MR) is 74.1 cm³/mol. The average molecular weight is 337 g/mol. The first-order valence-corrected chi connectivity index (χ1v) is 8.12. The number of amides is 1. The third-order valence-electron chi connectivity index (χ3n) is 3.07. The quantitative estimate of drug-likeness (QED) is 0.861. The van der Waals surface area contributed by atoms with E-state index in [1.165, 1.54) is 0 Å². The molecule has 1 amide bonds. The van der Waals surface area contributed by atoms with Gasteiger partial charge in [0.05, 0.1) is 23.2 Å². The zero-order valence-corrected chi connectivity index (χ0v) is 12.5. The van der Waals surface area contributed by atoms with Gasteiger partial charge < -0.3 is 10.1 Å². The summed E-state index contributed by atoms with van der Waals surface area (Å²) in [6.07, 6.45) is 1.55. The summed E-state index contributed by atoms with van der Waals surface area (Å²) in [7, 11) is -4.28. The SMILES string of the molecule is NS(=O)(=O)c1cc(C(=O)NC2CCCOC2)c(Cl)cc1F. The predicted octanol–water partition coefficient (Wildman–Crippen LogP) is 1.04. The summed E-state index contributed by atoms with van der Waals surface area (Å²) in [5.74, 6) is -1.69. The molecular formula is C12H14ClFN2O4S. The maximum atomic E-state index is 13.6. The lowest BCUT2D eigenvalue weighted by Gasteiger charge is -2.23. The van der Waals surface area contributed by atoms with Crippen molar-refractivity contribution in [1.82, 2.24) is 5.32 Å². The molecular weight excluding hydrogens is 323 g/mol. The second-order valence-corrected chi connectivity index (χ2v) is 6.63. The topological polar surface area (TPSA) is 98.5 Å². The number of nitrogens with two attached hydrogens (primary N) is 1. The van der Waals surface area contributed by atoms with E-state index >= 15 is 0 Å². The van der Waals surface area contributed by atoms with Crippen molar-refractivity contribution < 1.29 is 22.3 Å². The standard InChI is InChI=1S/C12H14ClFN2O4S/c13-9-5-10(14)11(21(15,18)19)4-8(9)12(17)16-7-2-1-3-20-6-7/h4-5,7H,1-3,6H2,(H,16,17)(H2,15,18,19). The van der Waals surface area contributed by atoms with Crippen LogP contribution in [0.5, 0.6) is 0 Å². The molecule has 0 saturated carbocycles. The van der Waals surface area contributed by atoms with Crippen LogP contribution in [0, 0.1) is 5.82 Å². The third kappa shape index (κ3) is 3.91. The molecule has 1 fully saturated rings. The Morgan fingerprint density at radius 2 is 2.19 bits per heavy atom. The van der Waals surface area contributed by atoms with Crippen LogP contribution < -0.4 is 10.5 Å². The van der Waals surface area contributed by atoms with Crippen molar-refractivity contribution in [3.05, 3.63) is 28.5 Å². The van der Waals surface area contributed by atoms with Gasteiger partial charge in [-0.2, -0.15) is 0 Å². The molecule has 1 saturated heterocycles. The summed E-state index contributed by atoms with van der Waals surface area (Å²) in [6, 6.07) is 1.41. The van der Waals surface area contributed by atoms with Crippen molar-refractivity contribution in [3.8, 4) is 0 Å². The fourth-order valence-electron chi connectivity index (χ4n) is 2.04. The van der Waals surface area contributed by atoms with E-state index in [1.54, 1.807) is 0 Å². The molecule has 1 atom stereocenters. The van der Waals surface area contributed by atoms with Gasteiger partial charge in [-0.1, -0.05) is 11.6 Å². The van der Waals surface area contributed by atoms with E-state index in [1.807, 2.05) is 0 Å². The van der Waals surface area contributed by atoms with Gasteiger partial charge in [0.15, 0.2) is 0 Å². The molecule has 1 unspecified atom stereocenters. The van der Waals surface area contributed by atoms with Crippen LogP contribution in [0.25, 0.3) is 0 Å². The number of carbonyl (C=O) groups excluding carboxylic acids is 1. The van der Waals surface area contributed by atoms with Gasteiger partial charge in [-0.25, -0.2) is 17.9 Å². The Morgan fingerprint density at radius 1 is 1.48 bits per heavy atom. The lowest BCUT2D eigenvalue weighted by molar-refractivity contribution is 0.0624. The van der Waals surface area contributed by atoms with Gasteiger partial charge in [0, 0.05) is 6.61 Å². The summed E-state index contributed by atoms with van der Waals surface area (Å²) >= 11 is 5.80. The van der Waals surface area contributed by atoms with Crippen LogP contribution in [0.2, 0.25) is 5.02 Å². The Labute approximate surface area is 126 Å². The van der Waals surface area contributed by atoms with Gasteiger partial charge in [-0.05, 0) is 25.0 Å². The Bertz CT molecular complexity index is 659. The van der Waals surface area contributed by atoms with Crippen molar-refractivity contribution in [3.63, 3.8) is 0 Å². The number of hydrogen-bond acceptors (Lipinski definition) is 4. The van der Waals surface area contributed by atoms with Crippen molar-refractivity contribution in [2.24, 2.45) is 5.14 Å². The van der Waals surface area contributed by atoms with Crippen LogP contribution in [0.1, 0.15) is 23.2 Å². The highest BCUT2D eigenvalue weighted by Crippen LogP contribution is 2.23. The maximum Gasteiger partial charge on any atom is 0.253 e. The molecule has 3 N–H and O–H groups in total. The molecule has 1 heterocycles. The lowest BCUT2D eigenvalue weighted by atomic mass is 10.1. The van der Waals surface area contributed by atoms with Crippen molar-refractivity contribution in [2.75, 3.05) is 13.2 Å². The molecule has 116 valence electrons. The maximum absolute atomic E-state index is 13.6. The van der Waals surface area contributed by atoms with E-state index in [0.717, 1.165) is 25.0 Å². The zero-order valence-electron chi connectivity index (χ0n) is 10.9. The van der Waals surface area contributed by atoms with Crippen LogP contribution >= 0.6 is 11.6 Å². The van der Waals surface area contributed by atoms with E-state index < -0.39 is 26.6 Å². The minimum absolute atomic E-state index is 0.146. The van der Waals surface area contributed by atoms with Gasteiger partial charge in [0.25, 0.3) is 5.91 Å². The lowest BCUT2D eigenvalue weighted by Crippen LogP contribution is -2.40. The normalized spacial score (nSPS) is 19.3. The van der Waals surface area contributed by atoms with Crippen LogP contribution in [0.15, 0.2) is 17.0 Å². The third-order valence-corrected chi connectivity index (χ3v) is 4.31. The monoisotopic (exact) mass is 336 g/mol. The first kappa shape index (κ1) is 16.2. The molecule has 0 aliphatic carbocycles. The molecule has 21 heavy (non-hydrogen) atoms. The summed E-state index contributed by atoms with van der Waals surface area (Å²) in [5, 5.41) is 7.38. The van der Waals surface area contributed by atoms with E-state index in [4.69, 9.17) is 21.5 Å². The highest BCUT2D eigenvalue weighted by Gasteiger charge is 2.23. The molecule has 1 aromatic rings. The number of carbonyl (C=O) groups is 1. The number of hydrogen-bond donors (Lipinski definition) is 2. The molecule has 1 aliphatic rings. The number of sulfonamides is 1. The van der Waals surface area contributed by atoms with Crippen molar-refractivity contribution in [1.29, 1.82) is 0 Å². The van der Waals surface area contributed by atoms with E-state index in [0.29, 0.717) is 13.2 Å². The van der Waals surface area contributed by atoms with E-state index in [-0.39, 0.29) is 16.6 Å². The van der Waals surface area contributed by atoms with Gasteiger partial charge >= 0.3 is 0 Å². The number of rotatable bonds is 3. The molecule has 2 rings (SSSR count). The van der Waals surface area contributed by atoms with Gasteiger partial charge in [-0.3, -0.25) is 4.79 Å². The second kappa shape index (κ2) is 6.27. The summed E-state index contributed by atoms with van der Waals surface area (Å²) in [4.78, 5) is 11.3. The van der Waals surface area contributed by atoms with Crippen LogP contribution in [-0.4, -0.2) is 33.6 Å². The number of primary sulfonamides is 1. The number of benzene rings is 1. The highest BCUT2D eigenvalue weighted by molar-refractivity contribution is 7.89. The van der Waals surface area contributed by atoms with Gasteiger partial charge in [0.2, 0.25) is 10.0 Å². The largest absolute Gasteiger partial charge is 0.379 e. The van der Waals surface area contributed by atoms with Crippen molar-refractivity contribution >= 4 is 27.5 Å². The van der Waals surface area contributed by atoms with Crippen molar-refractivity contribution in [2.45, 2.75) is 23.8 Å². The first-order valence-electron chi connectivity index (χ1n) is 6.19. The molecule has 1 aliphatic heterocycles. The fraction of sp³-hybridized carbons (Fsp3) is 0.417. The summed E-state index contributed by atoms with van der Waals surface area (Å²) < 4.78 is 41.3. The Hall–Kier alpha value is -1.22. The first-order chi connectivity index (χ1) is 9.79. The Morgan fingerprint density at radius 3 is 2.76 bits per heavy atom. The Kier molecular flexibility index (Phi) is 4.82. The number of nitrogens with one attached hydrogen (secondary N) is 1. The van der Waals surface area contributed by atoms with Crippen LogP contribution in [-0.2, 0) is 14.8 Å². The summed E-state index contributed by atoms with van der Waals surface area (Å²) in [5.41, 5.74) is -0.146. The highest BCUT2D eigenvalue weighted by atomic mass is 35.5. The molecule has 0 bridgehead atoms. The van der Waals surface area contributed by atoms with Gasteiger partial charge in [-0.15, -0.1) is 0 Å². The minimum Gasteiger partial charge on any atom is -0.379 e. The second-order valence-electron chi connectivity index (χ2n) is 4.70. The van der Waals surface area contributed by atoms with E-state index in [2.05, 4.69) is 5.32 Å². The molecule has 1 aromatic carbocycles. The summed E-state index contributed by atoms with van der Waals surface area (Å²) in [6.45, 7) is 1.01. The number of ether oxygens (including phenoxy) is 1.